The minimum atomic E-state index is 0.0775. The van der Waals surface area contributed by atoms with Crippen LogP contribution in [0.25, 0.3) is 0 Å². The second-order valence-corrected chi connectivity index (χ2v) is 7.56. The van der Waals surface area contributed by atoms with Crippen molar-refractivity contribution >= 4 is 17.7 Å². The van der Waals surface area contributed by atoms with Crippen LogP contribution in [-0.2, 0) is 24.4 Å². The number of hydrogen-bond acceptors (Lipinski definition) is 5. The Bertz CT molecular complexity index is 810. The Morgan fingerprint density at radius 2 is 1.88 bits per heavy atom. The van der Waals surface area contributed by atoms with Gasteiger partial charge in [0.05, 0.1) is 0 Å². The number of carbonyl (C=O) groups is 1. The quantitative estimate of drug-likeness (QED) is 0.766. The summed E-state index contributed by atoms with van der Waals surface area (Å²) in [6, 6.07) is 12.3. The van der Waals surface area contributed by atoms with Crippen molar-refractivity contribution in [1.82, 2.24) is 10.6 Å². The molecule has 6 heteroatoms. The van der Waals surface area contributed by atoms with Gasteiger partial charge in [-0.1, -0.05) is 18.2 Å². The summed E-state index contributed by atoms with van der Waals surface area (Å²) < 4.78 is 11.1. The average Bonchev–Trinajstić information content (AvgIpc) is 3.14. The van der Waals surface area contributed by atoms with E-state index in [9.17, 15) is 4.79 Å². The molecule has 0 saturated heterocycles. The highest BCUT2D eigenvalue weighted by Crippen LogP contribution is 2.34. The van der Waals surface area contributed by atoms with Crippen molar-refractivity contribution in [3.05, 3.63) is 53.1 Å². The number of benzene rings is 2. The summed E-state index contributed by atoms with van der Waals surface area (Å²) >= 11 is 1.65. The highest BCUT2D eigenvalue weighted by atomic mass is 32.2. The van der Waals surface area contributed by atoms with Crippen molar-refractivity contribution in [2.75, 3.05) is 19.0 Å². The van der Waals surface area contributed by atoms with Gasteiger partial charge in [0, 0.05) is 36.7 Å². The van der Waals surface area contributed by atoms with E-state index in [-0.39, 0.29) is 5.91 Å². The largest absolute Gasteiger partial charge is 0.486 e. The van der Waals surface area contributed by atoms with Gasteiger partial charge in [0.1, 0.15) is 13.2 Å². The van der Waals surface area contributed by atoms with Gasteiger partial charge in [0.2, 0.25) is 5.91 Å². The van der Waals surface area contributed by atoms with Gasteiger partial charge in [-0.15, -0.1) is 11.8 Å². The van der Waals surface area contributed by atoms with E-state index in [2.05, 4.69) is 28.8 Å². The SMILES string of the molecule is O=C(CCSc1ccc2c(c1)OCCO2)NCc1ccc2c(c1)CNC2. The van der Waals surface area contributed by atoms with Gasteiger partial charge in [0.25, 0.3) is 0 Å². The maximum atomic E-state index is 12.1. The fraction of sp³-hybridized carbons (Fsp3) is 0.350. The summed E-state index contributed by atoms with van der Waals surface area (Å²) in [7, 11) is 0. The highest BCUT2D eigenvalue weighted by Gasteiger charge is 2.13. The summed E-state index contributed by atoms with van der Waals surface area (Å²) in [6.45, 7) is 3.63. The smallest absolute Gasteiger partial charge is 0.221 e. The molecule has 5 nitrogen and oxygen atoms in total. The van der Waals surface area contributed by atoms with Crippen LogP contribution in [0.2, 0.25) is 0 Å². The van der Waals surface area contributed by atoms with Crippen molar-refractivity contribution < 1.29 is 14.3 Å². The Balaban J connectivity index is 1.22. The Kier molecular flexibility index (Phi) is 5.32. The fourth-order valence-electron chi connectivity index (χ4n) is 3.12. The molecule has 136 valence electrons. The van der Waals surface area contributed by atoms with Crippen molar-refractivity contribution in [2.45, 2.75) is 31.0 Å². The molecule has 2 aromatic carbocycles. The average molecular weight is 370 g/mol. The monoisotopic (exact) mass is 370 g/mol. The standard InChI is InChI=1S/C20H22N2O3S/c23-20(22-11-14-1-2-15-12-21-13-16(15)9-14)5-8-26-17-3-4-18-19(10-17)25-7-6-24-18/h1-4,9-10,21H,5-8,11-13H2,(H,22,23). The van der Waals surface area contributed by atoms with E-state index in [4.69, 9.17) is 9.47 Å². The number of rotatable bonds is 6. The van der Waals surface area contributed by atoms with Crippen molar-refractivity contribution in [3.63, 3.8) is 0 Å². The Morgan fingerprint density at radius 1 is 1.04 bits per heavy atom. The first-order valence-electron chi connectivity index (χ1n) is 8.88. The Hall–Kier alpha value is -2.18. The number of thioether (sulfide) groups is 1. The molecule has 0 fully saturated rings. The van der Waals surface area contributed by atoms with Crippen molar-refractivity contribution in [2.24, 2.45) is 0 Å². The first kappa shape index (κ1) is 17.2. The molecule has 0 atom stereocenters. The van der Waals surface area contributed by atoms with Crippen LogP contribution in [0.4, 0.5) is 0 Å². The van der Waals surface area contributed by atoms with E-state index >= 15 is 0 Å². The number of carbonyl (C=O) groups excluding carboxylic acids is 1. The topological polar surface area (TPSA) is 59.6 Å². The molecular formula is C20H22N2O3S. The third-order valence-electron chi connectivity index (χ3n) is 4.50. The molecule has 0 aromatic heterocycles. The van der Waals surface area contributed by atoms with Crippen LogP contribution in [0.5, 0.6) is 11.5 Å². The van der Waals surface area contributed by atoms with Crippen molar-refractivity contribution in [3.8, 4) is 11.5 Å². The molecule has 2 aliphatic heterocycles. The van der Waals surface area contributed by atoms with E-state index in [1.54, 1.807) is 11.8 Å². The van der Waals surface area contributed by atoms with Crippen LogP contribution in [0.1, 0.15) is 23.1 Å². The first-order valence-corrected chi connectivity index (χ1v) is 9.87. The van der Waals surface area contributed by atoms with Gasteiger partial charge in [-0.2, -0.15) is 0 Å². The maximum Gasteiger partial charge on any atom is 0.221 e. The van der Waals surface area contributed by atoms with Gasteiger partial charge in [-0.3, -0.25) is 4.79 Å². The highest BCUT2D eigenvalue weighted by molar-refractivity contribution is 7.99. The predicted octanol–water partition coefficient (Wildman–Crippen LogP) is 2.86. The van der Waals surface area contributed by atoms with Gasteiger partial charge in [-0.25, -0.2) is 0 Å². The van der Waals surface area contributed by atoms with Gasteiger partial charge in [-0.05, 0) is 34.9 Å². The van der Waals surface area contributed by atoms with E-state index in [0.717, 1.165) is 40.8 Å². The number of fused-ring (bicyclic) bond motifs is 2. The molecule has 0 bridgehead atoms. The van der Waals surface area contributed by atoms with E-state index in [0.29, 0.717) is 26.2 Å². The lowest BCUT2D eigenvalue weighted by molar-refractivity contribution is -0.120. The molecule has 26 heavy (non-hydrogen) atoms. The zero-order valence-corrected chi connectivity index (χ0v) is 15.4. The van der Waals surface area contributed by atoms with E-state index in [1.807, 2.05) is 18.2 Å². The Labute approximate surface area is 157 Å². The molecule has 2 aliphatic rings. The minimum absolute atomic E-state index is 0.0775. The normalized spacial score (nSPS) is 14.8. The molecule has 2 aromatic rings. The minimum Gasteiger partial charge on any atom is -0.486 e. The van der Waals surface area contributed by atoms with Gasteiger partial charge in [0.15, 0.2) is 11.5 Å². The zero-order valence-electron chi connectivity index (χ0n) is 14.5. The number of ether oxygens (including phenoxy) is 2. The first-order chi connectivity index (χ1) is 12.8. The lowest BCUT2D eigenvalue weighted by Gasteiger charge is -2.18. The molecule has 4 rings (SSSR count). The second kappa shape index (κ2) is 8.01. The molecule has 0 radical (unpaired) electrons. The van der Waals surface area contributed by atoms with Crippen LogP contribution in [0.3, 0.4) is 0 Å². The van der Waals surface area contributed by atoms with Gasteiger partial charge >= 0.3 is 0 Å². The third-order valence-corrected chi connectivity index (χ3v) is 5.50. The number of hydrogen-bond donors (Lipinski definition) is 2. The predicted molar refractivity (Wildman–Crippen MR) is 102 cm³/mol. The van der Waals surface area contributed by atoms with Crippen LogP contribution >= 0.6 is 11.8 Å². The maximum absolute atomic E-state index is 12.1. The number of nitrogens with one attached hydrogen (secondary N) is 2. The van der Waals surface area contributed by atoms with Crippen LogP contribution in [0.15, 0.2) is 41.3 Å². The zero-order chi connectivity index (χ0) is 17.8. The van der Waals surface area contributed by atoms with Crippen LogP contribution in [0, 0.1) is 0 Å². The molecule has 0 aliphatic carbocycles. The second-order valence-electron chi connectivity index (χ2n) is 6.39. The summed E-state index contributed by atoms with van der Waals surface area (Å²) in [6.07, 6.45) is 0.492. The summed E-state index contributed by atoms with van der Waals surface area (Å²) in [5.74, 6) is 2.40. The van der Waals surface area contributed by atoms with E-state index in [1.165, 1.54) is 11.1 Å². The summed E-state index contributed by atoms with van der Waals surface area (Å²) in [5, 5.41) is 6.34. The lowest BCUT2D eigenvalue weighted by atomic mass is 10.1. The molecule has 2 N–H and O–H groups in total. The Morgan fingerprint density at radius 3 is 2.81 bits per heavy atom. The molecular weight excluding hydrogens is 348 g/mol. The van der Waals surface area contributed by atoms with Crippen LogP contribution in [-0.4, -0.2) is 24.9 Å². The van der Waals surface area contributed by atoms with E-state index < -0.39 is 0 Å². The molecule has 2 heterocycles. The van der Waals surface area contributed by atoms with Crippen LogP contribution < -0.4 is 20.1 Å². The van der Waals surface area contributed by atoms with Gasteiger partial charge < -0.3 is 20.1 Å². The molecule has 0 unspecified atom stereocenters. The number of amides is 1. The summed E-state index contributed by atoms with van der Waals surface area (Å²) in [4.78, 5) is 13.2. The molecule has 0 spiro atoms. The fourth-order valence-corrected chi connectivity index (χ4v) is 4.00. The third kappa shape index (κ3) is 4.14. The van der Waals surface area contributed by atoms with Crippen molar-refractivity contribution in [1.29, 1.82) is 0 Å². The molecule has 0 saturated carbocycles. The lowest BCUT2D eigenvalue weighted by Crippen LogP contribution is -2.23. The molecule has 1 amide bonds. The summed E-state index contributed by atoms with van der Waals surface area (Å²) in [5.41, 5.74) is 3.85.